The standard InChI is InChI=1S/C28H49N3O14/c1-2-36-7-8-38-11-12-40-15-16-42-19-20-44-23-24-45-22-21-43-18-17-41-14-13-39-10-9-37-6-5-29-27-4-3-26(30(32)33)25-28(27)31(34)35/h3-4,25,29H,2,5-24H2,1H3. The van der Waals surface area contributed by atoms with Gasteiger partial charge in [-0.05, 0) is 13.0 Å². The fourth-order valence-electron chi connectivity index (χ4n) is 3.32. The maximum Gasteiger partial charge on any atom is 0.299 e. The minimum Gasteiger partial charge on any atom is -0.379 e. The molecular formula is C28H49N3O14. The molecule has 0 unspecified atom stereocenters. The summed E-state index contributed by atoms with van der Waals surface area (Å²) in [5, 5.41) is 24.8. The van der Waals surface area contributed by atoms with E-state index in [4.69, 9.17) is 47.4 Å². The van der Waals surface area contributed by atoms with Gasteiger partial charge in [0.15, 0.2) is 0 Å². The number of nitrogens with zero attached hydrogens (tertiary/aromatic N) is 2. The Bertz CT molecular complexity index is 868. The van der Waals surface area contributed by atoms with Gasteiger partial charge in [0, 0.05) is 19.2 Å². The van der Waals surface area contributed by atoms with Crippen molar-refractivity contribution < 1.29 is 57.2 Å². The minimum absolute atomic E-state index is 0.187. The zero-order valence-electron chi connectivity index (χ0n) is 26.2. The minimum atomic E-state index is -0.681. The first-order valence-corrected chi connectivity index (χ1v) is 15.0. The van der Waals surface area contributed by atoms with E-state index in [1.165, 1.54) is 12.1 Å². The molecule has 17 nitrogen and oxygen atoms in total. The van der Waals surface area contributed by atoms with E-state index in [9.17, 15) is 20.2 Å². The van der Waals surface area contributed by atoms with Crippen molar-refractivity contribution in [2.45, 2.75) is 6.92 Å². The van der Waals surface area contributed by atoms with Crippen LogP contribution >= 0.6 is 0 Å². The predicted octanol–water partition coefficient (Wildman–Crippen LogP) is 2.10. The molecule has 1 rings (SSSR count). The van der Waals surface area contributed by atoms with Gasteiger partial charge in [-0.2, -0.15) is 0 Å². The highest BCUT2D eigenvalue weighted by Gasteiger charge is 2.19. The molecule has 0 heterocycles. The molecule has 0 atom stereocenters. The first kappa shape index (κ1) is 40.4. The van der Waals surface area contributed by atoms with E-state index in [2.05, 4.69) is 5.32 Å². The van der Waals surface area contributed by atoms with Gasteiger partial charge in [-0.15, -0.1) is 0 Å². The first-order valence-electron chi connectivity index (χ1n) is 15.0. The molecule has 0 bridgehead atoms. The van der Waals surface area contributed by atoms with E-state index in [1.54, 1.807) is 0 Å². The van der Waals surface area contributed by atoms with Crippen LogP contribution in [0, 0.1) is 20.2 Å². The van der Waals surface area contributed by atoms with Crippen molar-refractivity contribution in [3.05, 3.63) is 38.4 Å². The van der Waals surface area contributed by atoms with Gasteiger partial charge in [0.25, 0.3) is 11.4 Å². The highest BCUT2D eigenvalue weighted by Crippen LogP contribution is 2.28. The molecule has 0 aromatic heterocycles. The summed E-state index contributed by atoms with van der Waals surface area (Å²) in [6, 6.07) is 3.43. The number of nitro benzene ring substituents is 2. The third-order valence-corrected chi connectivity index (χ3v) is 5.50. The lowest BCUT2D eigenvalue weighted by Crippen LogP contribution is -2.16. The fourth-order valence-corrected chi connectivity index (χ4v) is 3.32. The highest BCUT2D eigenvalue weighted by molar-refractivity contribution is 5.65. The second kappa shape index (κ2) is 30.1. The van der Waals surface area contributed by atoms with Crippen LogP contribution in [0.15, 0.2) is 18.2 Å². The number of hydrogen-bond acceptors (Lipinski definition) is 15. The average Bonchev–Trinajstić information content (AvgIpc) is 3.03. The molecule has 0 radical (unpaired) electrons. The topological polar surface area (TPSA) is 191 Å². The van der Waals surface area contributed by atoms with Gasteiger partial charge in [0.05, 0.1) is 141 Å². The Hall–Kier alpha value is -2.58. The van der Waals surface area contributed by atoms with Crippen LogP contribution in [0.2, 0.25) is 0 Å². The van der Waals surface area contributed by atoms with Gasteiger partial charge in [-0.1, -0.05) is 0 Å². The Balaban J connectivity index is 1.75. The van der Waals surface area contributed by atoms with E-state index >= 15 is 0 Å². The summed E-state index contributed by atoms with van der Waals surface area (Å²) in [7, 11) is 0. The molecule has 260 valence electrons. The molecule has 17 heteroatoms. The van der Waals surface area contributed by atoms with E-state index in [0.29, 0.717) is 132 Å². The van der Waals surface area contributed by atoms with Gasteiger partial charge < -0.3 is 52.7 Å². The molecular weight excluding hydrogens is 602 g/mol. The number of hydrogen-bond donors (Lipinski definition) is 1. The molecule has 1 N–H and O–H groups in total. The van der Waals surface area contributed by atoms with E-state index < -0.39 is 9.85 Å². The number of rotatable bonds is 34. The molecule has 0 aliphatic rings. The SMILES string of the molecule is CCOCCOCCOCCOCCOCCOCCOCCOCCOCCOCCNc1ccc([N+](=O)[O-])cc1[N+](=O)[O-]. The molecule has 0 saturated carbocycles. The van der Waals surface area contributed by atoms with Crippen molar-refractivity contribution in [1.82, 2.24) is 0 Å². The van der Waals surface area contributed by atoms with E-state index in [-0.39, 0.29) is 23.7 Å². The van der Waals surface area contributed by atoms with Crippen molar-refractivity contribution in [2.75, 3.05) is 144 Å². The summed E-state index contributed by atoms with van der Waals surface area (Å²) in [5.74, 6) is 0. The second-order valence-corrected chi connectivity index (χ2v) is 8.85. The number of benzene rings is 1. The predicted molar refractivity (Wildman–Crippen MR) is 162 cm³/mol. The number of ether oxygens (including phenoxy) is 10. The monoisotopic (exact) mass is 651 g/mol. The number of nitrogens with one attached hydrogen (secondary N) is 1. The normalized spacial score (nSPS) is 11.2. The molecule has 45 heavy (non-hydrogen) atoms. The fraction of sp³-hybridized carbons (Fsp3) is 0.786. The Morgan fingerprint density at radius 3 is 1.16 bits per heavy atom. The van der Waals surface area contributed by atoms with Gasteiger partial charge in [-0.3, -0.25) is 20.2 Å². The van der Waals surface area contributed by atoms with Crippen LogP contribution in [0.1, 0.15) is 6.92 Å². The molecule has 1 aromatic carbocycles. The summed E-state index contributed by atoms with van der Waals surface area (Å²) in [4.78, 5) is 20.6. The van der Waals surface area contributed by atoms with Gasteiger partial charge in [-0.25, -0.2) is 0 Å². The van der Waals surface area contributed by atoms with Crippen molar-refractivity contribution in [3.8, 4) is 0 Å². The maximum absolute atomic E-state index is 11.1. The molecule has 0 fully saturated rings. The summed E-state index contributed by atoms with van der Waals surface area (Å²) in [6.45, 7) is 11.8. The van der Waals surface area contributed by atoms with Crippen molar-refractivity contribution in [3.63, 3.8) is 0 Å². The molecule has 0 aliphatic heterocycles. The van der Waals surface area contributed by atoms with Crippen molar-refractivity contribution in [2.24, 2.45) is 0 Å². The molecule has 0 aliphatic carbocycles. The van der Waals surface area contributed by atoms with Crippen LogP contribution in [0.5, 0.6) is 0 Å². The van der Waals surface area contributed by atoms with Crippen LogP contribution in [-0.2, 0) is 47.4 Å². The third-order valence-electron chi connectivity index (χ3n) is 5.50. The van der Waals surface area contributed by atoms with E-state index in [1.807, 2.05) is 6.92 Å². The molecule has 0 saturated heterocycles. The van der Waals surface area contributed by atoms with Crippen LogP contribution < -0.4 is 5.32 Å². The summed E-state index contributed by atoms with van der Waals surface area (Å²) < 4.78 is 53.9. The summed E-state index contributed by atoms with van der Waals surface area (Å²) in [5.41, 5.74) is -0.521. The largest absolute Gasteiger partial charge is 0.379 e. The Morgan fingerprint density at radius 1 is 0.511 bits per heavy atom. The Kier molecular flexibility index (Phi) is 27.0. The Labute approximate surface area is 263 Å². The van der Waals surface area contributed by atoms with E-state index in [0.717, 1.165) is 6.07 Å². The third kappa shape index (κ3) is 24.3. The Morgan fingerprint density at radius 2 is 0.844 bits per heavy atom. The smallest absolute Gasteiger partial charge is 0.299 e. The lowest BCUT2D eigenvalue weighted by Gasteiger charge is -2.09. The second-order valence-electron chi connectivity index (χ2n) is 8.85. The lowest BCUT2D eigenvalue weighted by molar-refractivity contribution is -0.393. The zero-order valence-corrected chi connectivity index (χ0v) is 26.2. The molecule has 0 amide bonds. The van der Waals surface area contributed by atoms with Crippen LogP contribution in [-0.4, -0.2) is 149 Å². The molecule has 0 spiro atoms. The molecule has 1 aromatic rings. The van der Waals surface area contributed by atoms with Gasteiger partial charge in [0.2, 0.25) is 0 Å². The average molecular weight is 652 g/mol. The zero-order chi connectivity index (χ0) is 32.6. The highest BCUT2D eigenvalue weighted by atomic mass is 16.6. The van der Waals surface area contributed by atoms with Crippen LogP contribution in [0.4, 0.5) is 17.1 Å². The maximum atomic E-state index is 11.1. The van der Waals surface area contributed by atoms with Crippen molar-refractivity contribution in [1.29, 1.82) is 0 Å². The van der Waals surface area contributed by atoms with Crippen molar-refractivity contribution >= 4 is 17.1 Å². The van der Waals surface area contributed by atoms with Gasteiger partial charge in [0.1, 0.15) is 5.69 Å². The number of anilines is 1. The summed E-state index contributed by atoms with van der Waals surface area (Å²) in [6.07, 6.45) is 0. The lowest BCUT2D eigenvalue weighted by atomic mass is 10.2. The van der Waals surface area contributed by atoms with Gasteiger partial charge >= 0.3 is 0 Å². The van der Waals surface area contributed by atoms with Crippen LogP contribution in [0.25, 0.3) is 0 Å². The van der Waals surface area contributed by atoms with Crippen LogP contribution in [0.3, 0.4) is 0 Å². The quantitative estimate of drug-likeness (QED) is 0.0647. The summed E-state index contributed by atoms with van der Waals surface area (Å²) >= 11 is 0. The number of nitro groups is 2. The number of non-ortho nitro benzene ring substituents is 1. The first-order chi connectivity index (χ1) is 22.1.